The van der Waals surface area contributed by atoms with Crippen molar-refractivity contribution in [2.24, 2.45) is 0 Å². The maximum absolute atomic E-state index is 6.24. The first-order valence-corrected chi connectivity index (χ1v) is 19.5. The molecule has 0 saturated carbocycles. The van der Waals surface area contributed by atoms with Crippen molar-refractivity contribution in [3.63, 3.8) is 0 Å². The van der Waals surface area contributed by atoms with Gasteiger partial charge in [0.05, 0.1) is 0 Å². The van der Waals surface area contributed by atoms with Crippen molar-refractivity contribution in [3.8, 4) is 0 Å². The van der Waals surface area contributed by atoms with Crippen LogP contribution in [0.5, 0.6) is 0 Å². The third-order valence-electron chi connectivity index (χ3n) is 5.43. The summed E-state index contributed by atoms with van der Waals surface area (Å²) < 4.78 is 4.25. The second-order valence-electron chi connectivity index (χ2n) is 8.28. The molecule has 0 amide bonds. The zero-order valence-electron chi connectivity index (χ0n) is 16.7. The van der Waals surface area contributed by atoms with Gasteiger partial charge in [-0.15, -0.1) is 0 Å². The zero-order valence-corrected chi connectivity index (χ0v) is 24.0. The van der Waals surface area contributed by atoms with E-state index in [-0.39, 0.29) is 24.8 Å². The van der Waals surface area contributed by atoms with E-state index in [1.165, 1.54) is 24.4 Å². The van der Waals surface area contributed by atoms with Crippen LogP contribution in [0.4, 0.5) is 0 Å². The minimum absolute atomic E-state index is 0. The van der Waals surface area contributed by atoms with Gasteiger partial charge < -0.3 is 24.8 Å². The quantitative estimate of drug-likeness (QED) is 0.473. The van der Waals surface area contributed by atoms with Gasteiger partial charge >= 0.3 is 184 Å². The van der Waals surface area contributed by atoms with Crippen LogP contribution in [0.3, 0.4) is 0 Å². The van der Waals surface area contributed by atoms with Gasteiger partial charge in [-0.25, -0.2) is 0 Å². The fourth-order valence-corrected chi connectivity index (χ4v) is 12.0. The Morgan fingerprint density at radius 1 is 1.03 bits per heavy atom. The standard InChI is InChI=1S/C15H10Br.C8H13Si.2ClH.S.Zr/c16-14-8-4-7-12-9-10-13(15(12)14)11-5-2-1-3-6-11;1-9(2,3)8-6-4-5-7-8;;;;/h1-6,8-10,13H;6-7H,4H2,1-3H3;2*1H;;/q;;;;;+2/p-2. The SMILES string of the molecule is C[Si](C)(C)C1=CC[C]([Zr+2](=[S])[c]2ccc(Br)c3c2C=CC3c2ccccc2)=C1.[Cl-].[Cl-]. The molecule has 2 aliphatic carbocycles. The molecule has 4 rings (SSSR count). The van der Waals surface area contributed by atoms with Crippen molar-refractivity contribution < 1.29 is 44.5 Å². The van der Waals surface area contributed by atoms with Crippen LogP contribution in [0.25, 0.3) is 6.08 Å². The summed E-state index contributed by atoms with van der Waals surface area (Å²) in [6.07, 6.45) is 10.7. The first-order valence-electron chi connectivity index (χ1n) is 9.37. The predicted octanol–water partition coefficient (Wildman–Crippen LogP) is 1.06. The van der Waals surface area contributed by atoms with E-state index >= 15 is 0 Å². The molecule has 0 aliphatic heterocycles. The second-order valence-corrected chi connectivity index (χ2v) is 21.1. The van der Waals surface area contributed by atoms with Gasteiger partial charge in [0.25, 0.3) is 0 Å². The van der Waals surface area contributed by atoms with Gasteiger partial charge in [-0.2, -0.15) is 0 Å². The Labute approximate surface area is 207 Å². The third kappa shape index (κ3) is 5.10. The molecule has 150 valence electrons. The van der Waals surface area contributed by atoms with Gasteiger partial charge in [-0.05, 0) is 0 Å². The topological polar surface area (TPSA) is 0 Å². The Morgan fingerprint density at radius 2 is 1.72 bits per heavy atom. The zero-order chi connectivity index (χ0) is 19.2. The molecule has 0 spiro atoms. The van der Waals surface area contributed by atoms with E-state index in [0.717, 1.165) is 6.42 Å². The predicted molar refractivity (Wildman–Crippen MR) is 123 cm³/mol. The monoisotopic (exact) mass is 598 g/mol. The third-order valence-corrected chi connectivity index (χ3v) is 15.6. The van der Waals surface area contributed by atoms with Crippen LogP contribution in [-0.4, -0.2) is 8.07 Å². The normalized spacial score (nSPS) is 16.7. The molecule has 2 aromatic carbocycles. The molecule has 1 atom stereocenters. The van der Waals surface area contributed by atoms with Crippen LogP contribution in [0.1, 0.15) is 29.0 Å². The van der Waals surface area contributed by atoms with Gasteiger partial charge in [-0.3, -0.25) is 0 Å². The Bertz CT molecular complexity index is 1020. The Hall–Kier alpha value is 0.0400. The fraction of sp³-hybridized carbons (Fsp3) is 0.217. The summed E-state index contributed by atoms with van der Waals surface area (Å²) in [5.41, 5.74) is 4.14. The Morgan fingerprint density at radius 3 is 2.34 bits per heavy atom. The summed E-state index contributed by atoms with van der Waals surface area (Å²) in [5, 5.41) is 1.59. The maximum atomic E-state index is 6.24. The van der Waals surface area contributed by atoms with E-state index in [1.807, 2.05) is 0 Å². The maximum Gasteiger partial charge on any atom is -1.00 e. The Kier molecular flexibility index (Phi) is 8.82. The summed E-state index contributed by atoms with van der Waals surface area (Å²) in [7, 11) is 4.99. The van der Waals surface area contributed by atoms with E-state index in [4.69, 9.17) is 8.86 Å². The summed E-state index contributed by atoms with van der Waals surface area (Å²) in [4.78, 5) is 0. The summed E-state index contributed by atoms with van der Waals surface area (Å²) in [5.74, 6) is 0.329. The van der Waals surface area contributed by atoms with Crippen LogP contribution in [0.2, 0.25) is 19.6 Å². The molecule has 1 unspecified atom stereocenters. The van der Waals surface area contributed by atoms with Crippen LogP contribution in [0, 0.1) is 0 Å². The summed E-state index contributed by atoms with van der Waals surface area (Å²) >= 11 is 1.58. The number of allylic oxidation sites excluding steroid dienone is 5. The smallest absolute Gasteiger partial charge is 1.00 e. The van der Waals surface area contributed by atoms with Gasteiger partial charge in [-0.1, -0.05) is 0 Å². The number of benzene rings is 2. The minimum atomic E-state index is -2.24. The van der Waals surface area contributed by atoms with Crippen molar-refractivity contribution in [2.75, 3.05) is 0 Å². The van der Waals surface area contributed by atoms with Crippen molar-refractivity contribution >= 4 is 42.2 Å². The van der Waals surface area contributed by atoms with Crippen LogP contribution >= 0.6 is 24.8 Å². The van der Waals surface area contributed by atoms with Crippen LogP contribution in [-0.2, 0) is 19.7 Å². The summed E-state index contributed by atoms with van der Waals surface area (Å²) in [6.45, 7) is 7.28. The summed E-state index contributed by atoms with van der Waals surface area (Å²) in [6, 6.07) is 15.3. The minimum Gasteiger partial charge on any atom is -1.00 e. The van der Waals surface area contributed by atoms with Crippen LogP contribution in [0.15, 0.2) is 73.6 Å². The molecule has 6 heteroatoms. The molecule has 29 heavy (non-hydrogen) atoms. The van der Waals surface area contributed by atoms with E-state index in [0.29, 0.717) is 5.92 Å². The molecule has 0 bridgehead atoms. The van der Waals surface area contributed by atoms with E-state index in [2.05, 4.69) is 102 Å². The van der Waals surface area contributed by atoms with Gasteiger partial charge in [0, 0.05) is 0 Å². The largest absolute Gasteiger partial charge is 1.00 e. The molecule has 0 saturated heterocycles. The van der Waals surface area contributed by atoms with Gasteiger partial charge in [0.2, 0.25) is 0 Å². The molecule has 0 N–H and O–H groups in total. The molecular weight excluding hydrogens is 578 g/mol. The fourth-order valence-electron chi connectivity index (χ4n) is 3.91. The van der Waals surface area contributed by atoms with E-state index < -0.39 is 27.8 Å². The van der Waals surface area contributed by atoms with Crippen molar-refractivity contribution in [3.05, 3.63) is 90.3 Å². The molecule has 0 radical (unpaired) electrons. The number of hydrogen-bond acceptors (Lipinski definition) is 1. The molecular formula is C23H23BrCl2SSiZr. The molecule has 2 aliphatic rings. The Balaban J connectivity index is 0.00000150. The number of hydrogen-bond donors (Lipinski definition) is 0. The molecule has 0 fully saturated rings. The molecule has 0 nitrogen and oxygen atoms in total. The van der Waals surface area contributed by atoms with E-state index in [9.17, 15) is 0 Å². The molecule has 2 aromatic rings. The molecule has 0 heterocycles. The van der Waals surface area contributed by atoms with Crippen molar-refractivity contribution in [1.29, 1.82) is 0 Å². The number of fused-ring (bicyclic) bond motifs is 1. The first-order chi connectivity index (χ1) is 12.9. The van der Waals surface area contributed by atoms with Gasteiger partial charge in [0.15, 0.2) is 0 Å². The number of rotatable bonds is 4. The van der Waals surface area contributed by atoms with Gasteiger partial charge in [0.1, 0.15) is 0 Å². The number of halogens is 3. The average Bonchev–Trinajstić information content (AvgIpc) is 3.30. The van der Waals surface area contributed by atoms with Crippen LogP contribution < -0.4 is 28.1 Å². The molecule has 0 aromatic heterocycles. The second kappa shape index (κ2) is 10.1. The van der Waals surface area contributed by atoms with Crippen molar-refractivity contribution in [1.82, 2.24) is 0 Å². The first kappa shape index (κ1) is 25.3. The van der Waals surface area contributed by atoms with Crippen molar-refractivity contribution in [2.45, 2.75) is 32.0 Å². The average molecular weight is 602 g/mol. The van der Waals surface area contributed by atoms with E-state index in [1.54, 1.807) is 8.48 Å².